The highest BCUT2D eigenvalue weighted by molar-refractivity contribution is 5.94. The fourth-order valence-electron chi connectivity index (χ4n) is 5.67. The average molecular weight is 497 g/mol. The van der Waals surface area contributed by atoms with Crippen molar-refractivity contribution in [1.82, 2.24) is 15.5 Å². The van der Waals surface area contributed by atoms with Gasteiger partial charge in [-0.3, -0.25) is 9.69 Å². The number of anilines is 1. The van der Waals surface area contributed by atoms with E-state index < -0.39 is 0 Å². The van der Waals surface area contributed by atoms with Gasteiger partial charge >= 0.3 is 0 Å². The van der Waals surface area contributed by atoms with Crippen LogP contribution < -0.4 is 15.5 Å². The van der Waals surface area contributed by atoms with Gasteiger partial charge in [0.2, 0.25) is 0 Å². The molecule has 2 heterocycles. The molecular formula is C32H40N4O. The van der Waals surface area contributed by atoms with Gasteiger partial charge in [-0.25, -0.2) is 0 Å². The zero-order chi connectivity index (χ0) is 25.5. The second kappa shape index (κ2) is 12.4. The highest BCUT2D eigenvalue weighted by atomic mass is 16.1. The molecule has 0 aromatic heterocycles. The van der Waals surface area contributed by atoms with Crippen molar-refractivity contribution in [3.8, 4) is 0 Å². The SMILES string of the molecule is CC(NC(=O)c1ccc(N2CCC(NC3CCN(Cc4ccccc4)CC3)CC2)cc1)c1ccccc1. The lowest BCUT2D eigenvalue weighted by atomic mass is 9.98. The molecule has 0 radical (unpaired) electrons. The molecule has 0 spiro atoms. The summed E-state index contributed by atoms with van der Waals surface area (Å²) < 4.78 is 0. The number of carbonyl (C=O) groups is 1. The van der Waals surface area contributed by atoms with E-state index in [2.05, 4.69) is 62.9 Å². The fraction of sp³-hybridized carbons (Fsp3) is 0.406. The topological polar surface area (TPSA) is 47.6 Å². The van der Waals surface area contributed by atoms with E-state index in [1.807, 2.05) is 49.4 Å². The number of benzene rings is 3. The van der Waals surface area contributed by atoms with Crippen LogP contribution in [0.3, 0.4) is 0 Å². The summed E-state index contributed by atoms with van der Waals surface area (Å²) >= 11 is 0. The Hall–Kier alpha value is -3.15. The molecule has 0 bridgehead atoms. The van der Waals surface area contributed by atoms with Gasteiger partial charge in [0.25, 0.3) is 5.91 Å². The zero-order valence-electron chi connectivity index (χ0n) is 22.0. The van der Waals surface area contributed by atoms with Crippen LogP contribution in [-0.4, -0.2) is 49.1 Å². The highest BCUT2D eigenvalue weighted by Crippen LogP contribution is 2.23. The van der Waals surface area contributed by atoms with Crippen LogP contribution in [0.4, 0.5) is 5.69 Å². The maximum absolute atomic E-state index is 12.7. The predicted molar refractivity (Wildman–Crippen MR) is 152 cm³/mol. The molecule has 5 nitrogen and oxygen atoms in total. The Morgan fingerprint density at radius 3 is 1.97 bits per heavy atom. The van der Waals surface area contributed by atoms with Crippen molar-refractivity contribution >= 4 is 11.6 Å². The van der Waals surface area contributed by atoms with E-state index in [9.17, 15) is 4.79 Å². The molecule has 2 N–H and O–H groups in total. The number of piperidine rings is 2. The Kier molecular flexibility index (Phi) is 8.54. The average Bonchev–Trinajstić information content (AvgIpc) is 2.95. The van der Waals surface area contributed by atoms with Crippen LogP contribution in [0.15, 0.2) is 84.9 Å². The summed E-state index contributed by atoms with van der Waals surface area (Å²) in [6.07, 6.45) is 4.81. The molecule has 2 saturated heterocycles. The molecule has 2 aliphatic heterocycles. The molecule has 37 heavy (non-hydrogen) atoms. The third kappa shape index (κ3) is 7.00. The summed E-state index contributed by atoms with van der Waals surface area (Å²) in [5.74, 6) is -0.0272. The van der Waals surface area contributed by atoms with Crippen LogP contribution in [-0.2, 0) is 6.54 Å². The fourth-order valence-corrected chi connectivity index (χ4v) is 5.67. The summed E-state index contributed by atoms with van der Waals surface area (Å²) in [7, 11) is 0. The van der Waals surface area contributed by atoms with Gasteiger partial charge in [0, 0.05) is 43.0 Å². The lowest BCUT2D eigenvalue weighted by Gasteiger charge is -2.38. The molecule has 0 saturated carbocycles. The zero-order valence-corrected chi connectivity index (χ0v) is 22.0. The third-order valence-electron chi connectivity index (χ3n) is 7.94. The number of hydrogen-bond acceptors (Lipinski definition) is 4. The predicted octanol–water partition coefficient (Wildman–Crippen LogP) is 5.40. The summed E-state index contributed by atoms with van der Waals surface area (Å²) in [6, 6.07) is 30.2. The second-order valence-electron chi connectivity index (χ2n) is 10.6. The van der Waals surface area contributed by atoms with Gasteiger partial charge in [0.1, 0.15) is 0 Å². The standard InChI is InChI=1S/C32H40N4O/c1-25(27-10-6-3-7-11-27)33-32(37)28-12-14-31(15-13-28)36-22-18-30(19-23-36)34-29-16-20-35(21-17-29)24-26-8-4-2-5-9-26/h2-15,25,29-30,34H,16-24H2,1H3,(H,33,37). The summed E-state index contributed by atoms with van der Waals surface area (Å²) in [5, 5.41) is 7.07. The van der Waals surface area contributed by atoms with E-state index in [1.54, 1.807) is 0 Å². The molecule has 5 heteroatoms. The Balaban J connectivity index is 1.04. The first-order valence-electron chi connectivity index (χ1n) is 13.9. The quantitative estimate of drug-likeness (QED) is 0.438. The Labute approximate surface area is 221 Å². The van der Waals surface area contributed by atoms with Crippen LogP contribution in [0.5, 0.6) is 0 Å². The summed E-state index contributed by atoms with van der Waals surface area (Å²) in [6.45, 7) is 7.55. The van der Waals surface area contributed by atoms with Crippen molar-refractivity contribution in [2.45, 2.75) is 57.3 Å². The minimum absolute atomic E-state index is 0.0176. The van der Waals surface area contributed by atoms with Crippen molar-refractivity contribution in [3.63, 3.8) is 0 Å². The molecule has 2 fully saturated rings. The van der Waals surface area contributed by atoms with Crippen molar-refractivity contribution in [3.05, 3.63) is 102 Å². The van der Waals surface area contributed by atoms with Gasteiger partial charge in [0.15, 0.2) is 0 Å². The molecule has 2 aliphatic rings. The summed E-state index contributed by atoms with van der Waals surface area (Å²) in [5.41, 5.74) is 4.44. The monoisotopic (exact) mass is 496 g/mol. The van der Waals surface area contributed by atoms with Crippen molar-refractivity contribution in [2.24, 2.45) is 0 Å². The molecule has 0 aliphatic carbocycles. The largest absolute Gasteiger partial charge is 0.371 e. The van der Waals surface area contributed by atoms with E-state index in [0.717, 1.165) is 25.2 Å². The van der Waals surface area contributed by atoms with Crippen LogP contribution in [0.1, 0.15) is 60.1 Å². The van der Waals surface area contributed by atoms with Crippen LogP contribution in [0, 0.1) is 0 Å². The number of nitrogens with zero attached hydrogens (tertiary/aromatic N) is 2. The van der Waals surface area contributed by atoms with Crippen molar-refractivity contribution < 1.29 is 4.79 Å². The van der Waals surface area contributed by atoms with Gasteiger partial charge in [0.05, 0.1) is 6.04 Å². The van der Waals surface area contributed by atoms with Crippen LogP contribution in [0.25, 0.3) is 0 Å². The smallest absolute Gasteiger partial charge is 0.251 e. The molecule has 3 aromatic carbocycles. The normalized spacial score (nSPS) is 18.5. The van der Waals surface area contributed by atoms with E-state index in [-0.39, 0.29) is 11.9 Å². The number of amides is 1. The molecule has 3 aromatic rings. The van der Waals surface area contributed by atoms with Gasteiger partial charge in [-0.2, -0.15) is 0 Å². The third-order valence-corrected chi connectivity index (χ3v) is 7.94. The number of hydrogen-bond donors (Lipinski definition) is 2. The Bertz CT molecular complexity index is 1100. The number of carbonyl (C=O) groups excluding carboxylic acids is 1. The molecule has 1 amide bonds. The van der Waals surface area contributed by atoms with Gasteiger partial charge in [-0.1, -0.05) is 60.7 Å². The highest BCUT2D eigenvalue weighted by Gasteiger charge is 2.25. The van der Waals surface area contributed by atoms with Crippen LogP contribution in [0.2, 0.25) is 0 Å². The van der Waals surface area contributed by atoms with Gasteiger partial charge in [-0.05, 0) is 81.1 Å². The first-order chi connectivity index (χ1) is 18.1. The molecule has 1 unspecified atom stereocenters. The lowest BCUT2D eigenvalue weighted by molar-refractivity contribution is 0.0940. The van der Waals surface area contributed by atoms with E-state index in [1.165, 1.54) is 50.0 Å². The minimum atomic E-state index is -0.0272. The van der Waals surface area contributed by atoms with Gasteiger partial charge in [-0.15, -0.1) is 0 Å². The van der Waals surface area contributed by atoms with Crippen molar-refractivity contribution in [1.29, 1.82) is 0 Å². The second-order valence-corrected chi connectivity index (χ2v) is 10.6. The maximum Gasteiger partial charge on any atom is 0.251 e. The number of nitrogens with one attached hydrogen (secondary N) is 2. The van der Waals surface area contributed by atoms with E-state index >= 15 is 0 Å². The molecule has 5 rings (SSSR count). The first-order valence-corrected chi connectivity index (χ1v) is 13.9. The van der Waals surface area contributed by atoms with Crippen molar-refractivity contribution in [2.75, 3.05) is 31.1 Å². The maximum atomic E-state index is 12.7. The van der Waals surface area contributed by atoms with Gasteiger partial charge < -0.3 is 15.5 Å². The van der Waals surface area contributed by atoms with E-state index in [0.29, 0.717) is 17.6 Å². The Morgan fingerprint density at radius 2 is 1.35 bits per heavy atom. The molecular weight excluding hydrogens is 456 g/mol. The summed E-state index contributed by atoms with van der Waals surface area (Å²) in [4.78, 5) is 17.8. The first kappa shape index (κ1) is 25.5. The van der Waals surface area contributed by atoms with Crippen LogP contribution >= 0.6 is 0 Å². The van der Waals surface area contributed by atoms with E-state index in [4.69, 9.17) is 0 Å². The molecule has 1 atom stereocenters. The minimum Gasteiger partial charge on any atom is -0.371 e. The Morgan fingerprint density at radius 1 is 0.784 bits per heavy atom. The number of rotatable bonds is 8. The number of likely N-dealkylation sites (tertiary alicyclic amines) is 1. The lowest BCUT2D eigenvalue weighted by Crippen LogP contribution is -2.49. The molecule has 194 valence electrons.